The van der Waals surface area contributed by atoms with Crippen molar-refractivity contribution in [1.82, 2.24) is 4.57 Å². The number of nitrogens with zero attached hydrogens (tertiary/aromatic N) is 2. The molecule has 0 saturated carbocycles. The molecule has 122 valence electrons. The number of methoxy groups -OCH3 is 1. The van der Waals surface area contributed by atoms with Crippen molar-refractivity contribution in [3.05, 3.63) is 33.5 Å². The molecule has 0 aliphatic rings. The molecule has 0 atom stereocenters. The fourth-order valence-corrected chi connectivity index (χ4v) is 2.59. The molecular weight excluding hydrogens is 304 g/mol. The highest BCUT2D eigenvalue weighted by Gasteiger charge is 2.27. The molecular formula is C15H16N2O6. The van der Waals surface area contributed by atoms with Gasteiger partial charge in [0.15, 0.2) is 12.0 Å². The smallest absolute Gasteiger partial charge is 0.325 e. The van der Waals surface area contributed by atoms with Crippen LogP contribution in [0.1, 0.15) is 23.0 Å². The Hall–Kier alpha value is -2.90. The summed E-state index contributed by atoms with van der Waals surface area (Å²) in [5.41, 5.74) is 0.734. The molecule has 0 spiro atoms. The molecule has 23 heavy (non-hydrogen) atoms. The van der Waals surface area contributed by atoms with Gasteiger partial charge in [0.05, 0.1) is 29.5 Å². The number of carbonyl (C=O) groups excluding carboxylic acids is 2. The molecule has 1 aromatic carbocycles. The molecule has 1 aromatic heterocycles. The van der Waals surface area contributed by atoms with Crippen LogP contribution in [0.3, 0.4) is 0 Å². The monoisotopic (exact) mass is 320 g/mol. The quantitative estimate of drug-likeness (QED) is 0.350. The summed E-state index contributed by atoms with van der Waals surface area (Å²) < 4.78 is 11.5. The van der Waals surface area contributed by atoms with E-state index in [1.54, 1.807) is 19.9 Å². The number of hydrogen-bond acceptors (Lipinski definition) is 6. The van der Waals surface area contributed by atoms with Crippen LogP contribution in [0.4, 0.5) is 5.69 Å². The van der Waals surface area contributed by atoms with E-state index in [0.29, 0.717) is 17.5 Å². The lowest BCUT2D eigenvalue weighted by molar-refractivity contribution is -0.383. The molecule has 8 nitrogen and oxygen atoms in total. The standard InChI is InChI=1S/C15H16N2O6/c1-4-23-13(19)7-16-9(2)10(8-18)14-11(16)5-6-12(22-3)15(14)17(20)21/h5-6,8H,4,7H2,1-3H3. The Morgan fingerprint density at radius 3 is 2.65 bits per heavy atom. The van der Waals surface area contributed by atoms with Gasteiger partial charge in [-0.1, -0.05) is 0 Å². The SMILES string of the molecule is CCOC(=O)Cn1c(C)c(C=O)c2c([N+](=O)[O-])c(OC)ccc21. The van der Waals surface area contributed by atoms with Crippen molar-refractivity contribution in [2.24, 2.45) is 0 Å². The van der Waals surface area contributed by atoms with Gasteiger partial charge in [0.25, 0.3) is 0 Å². The second-order valence-electron chi connectivity index (χ2n) is 4.78. The van der Waals surface area contributed by atoms with E-state index in [0.717, 1.165) is 0 Å². The molecule has 0 aliphatic carbocycles. The third-order valence-electron chi connectivity index (χ3n) is 3.59. The minimum Gasteiger partial charge on any atom is -0.490 e. The second kappa shape index (κ2) is 6.47. The molecule has 0 unspecified atom stereocenters. The lowest BCUT2D eigenvalue weighted by atomic mass is 10.1. The first-order chi connectivity index (χ1) is 11.0. The third-order valence-corrected chi connectivity index (χ3v) is 3.59. The minimum absolute atomic E-state index is 0.0545. The summed E-state index contributed by atoms with van der Waals surface area (Å²) in [5.74, 6) is -0.428. The van der Waals surface area contributed by atoms with E-state index in [1.807, 2.05) is 0 Å². The number of aldehydes is 1. The lowest BCUT2D eigenvalue weighted by Gasteiger charge is -2.08. The van der Waals surface area contributed by atoms with Gasteiger partial charge in [0.2, 0.25) is 0 Å². The molecule has 8 heteroatoms. The third kappa shape index (κ3) is 2.75. The van der Waals surface area contributed by atoms with Gasteiger partial charge in [-0.2, -0.15) is 0 Å². The maximum atomic E-state index is 11.8. The number of nitro groups is 1. The summed E-state index contributed by atoms with van der Waals surface area (Å²) in [6.45, 7) is 3.41. The molecule has 2 aromatic rings. The average molecular weight is 320 g/mol. The van der Waals surface area contributed by atoms with Gasteiger partial charge in [-0.15, -0.1) is 0 Å². The van der Waals surface area contributed by atoms with Crippen LogP contribution in [0, 0.1) is 17.0 Å². The Bertz CT molecular complexity index is 793. The van der Waals surface area contributed by atoms with Gasteiger partial charge in [-0.25, -0.2) is 0 Å². The molecule has 2 rings (SSSR count). The molecule has 1 heterocycles. The molecule has 0 amide bonds. The van der Waals surface area contributed by atoms with E-state index >= 15 is 0 Å². The highest BCUT2D eigenvalue weighted by atomic mass is 16.6. The van der Waals surface area contributed by atoms with E-state index < -0.39 is 10.9 Å². The first-order valence-electron chi connectivity index (χ1n) is 6.91. The van der Waals surface area contributed by atoms with Crippen LogP contribution in [0.5, 0.6) is 5.75 Å². The Morgan fingerprint density at radius 2 is 2.13 bits per heavy atom. The van der Waals surface area contributed by atoms with E-state index in [1.165, 1.54) is 17.7 Å². The predicted molar refractivity (Wildman–Crippen MR) is 81.9 cm³/mol. The maximum Gasteiger partial charge on any atom is 0.325 e. The Kier molecular flexibility index (Phi) is 4.63. The van der Waals surface area contributed by atoms with E-state index in [4.69, 9.17) is 9.47 Å². The van der Waals surface area contributed by atoms with Crippen molar-refractivity contribution in [3.63, 3.8) is 0 Å². The van der Waals surface area contributed by atoms with Crippen molar-refractivity contribution in [2.45, 2.75) is 20.4 Å². The number of benzene rings is 1. The van der Waals surface area contributed by atoms with Gasteiger partial charge >= 0.3 is 11.7 Å². The topological polar surface area (TPSA) is 101 Å². The van der Waals surface area contributed by atoms with Crippen molar-refractivity contribution >= 4 is 28.8 Å². The molecule has 0 N–H and O–H groups in total. The Morgan fingerprint density at radius 1 is 1.43 bits per heavy atom. The maximum absolute atomic E-state index is 11.8. The molecule has 0 radical (unpaired) electrons. The van der Waals surface area contributed by atoms with Gasteiger partial charge in [-0.05, 0) is 26.0 Å². The largest absolute Gasteiger partial charge is 0.490 e. The first kappa shape index (κ1) is 16.5. The summed E-state index contributed by atoms with van der Waals surface area (Å²) in [6, 6.07) is 3.02. The summed E-state index contributed by atoms with van der Waals surface area (Å²) in [7, 11) is 1.32. The number of fused-ring (bicyclic) bond motifs is 1. The van der Waals surface area contributed by atoms with Gasteiger partial charge in [-0.3, -0.25) is 19.7 Å². The normalized spacial score (nSPS) is 10.6. The summed E-state index contributed by atoms with van der Waals surface area (Å²) in [4.78, 5) is 34.0. The fourth-order valence-electron chi connectivity index (χ4n) is 2.59. The van der Waals surface area contributed by atoms with Gasteiger partial charge < -0.3 is 14.0 Å². The summed E-state index contributed by atoms with van der Waals surface area (Å²) in [6.07, 6.45) is 0.547. The van der Waals surface area contributed by atoms with Crippen LogP contribution in [-0.2, 0) is 16.1 Å². The van der Waals surface area contributed by atoms with E-state index in [2.05, 4.69) is 0 Å². The molecule has 0 fully saturated rings. The Balaban J connectivity index is 2.79. The average Bonchev–Trinajstić information content (AvgIpc) is 2.78. The highest BCUT2D eigenvalue weighted by molar-refractivity contribution is 6.06. The fraction of sp³-hybridized carbons (Fsp3) is 0.333. The number of aromatic nitrogens is 1. The number of nitro benzene ring substituents is 1. The molecule has 0 saturated heterocycles. The van der Waals surface area contributed by atoms with Crippen LogP contribution < -0.4 is 4.74 Å². The Labute approximate surface area is 131 Å². The van der Waals surface area contributed by atoms with E-state index in [-0.39, 0.29) is 35.5 Å². The van der Waals surface area contributed by atoms with Crippen molar-refractivity contribution in [3.8, 4) is 5.75 Å². The van der Waals surface area contributed by atoms with Gasteiger partial charge in [0.1, 0.15) is 6.54 Å². The lowest BCUT2D eigenvalue weighted by Crippen LogP contribution is -2.14. The van der Waals surface area contributed by atoms with E-state index in [9.17, 15) is 19.7 Å². The molecule has 0 bridgehead atoms. The summed E-state index contributed by atoms with van der Waals surface area (Å²) in [5, 5.41) is 11.6. The number of carbonyl (C=O) groups is 2. The minimum atomic E-state index is -0.595. The van der Waals surface area contributed by atoms with Crippen LogP contribution in [0.15, 0.2) is 12.1 Å². The number of hydrogen-bond donors (Lipinski definition) is 0. The van der Waals surface area contributed by atoms with Crippen LogP contribution >= 0.6 is 0 Å². The van der Waals surface area contributed by atoms with Crippen molar-refractivity contribution in [1.29, 1.82) is 0 Å². The predicted octanol–water partition coefficient (Wildman–Crippen LogP) is 2.24. The summed E-state index contributed by atoms with van der Waals surface area (Å²) >= 11 is 0. The number of rotatable bonds is 6. The molecule has 0 aliphatic heterocycles. The zero-order valence-electron chi connectivity index (χ0n) is 13.0. The van der Waals surface area contributed by atoms with Crippen LogP contribution in [-0.4, -0.2) is 35.5 Å². The van der Waals surface area contributed by atoms with Crippen LogP contribution in [0.25, 0.3) is 10.9 Å². The second-order valence-corrected chi connectivity index (χ2v) is 4.78. The first-order valence-corrected chi connectivity index (χ1v) is 6.91. The zero-order valence-corrected chi connectivity index (χ0v) is 13.0. The van der Waals surface area contributed by atoms with Crippen LogP contribution in [0.2, 0.25) is 0 Å². The van der Waals surface area contributed by atoms with Crippen molar-refractivity contribution in [2.75, 3.05) is 13.7 Å². The highest BCUT2D eigenvalue weighted by Crippen LogP contribution is 2.39. The number of esters is 1. The van der Waals surface area contributed by atoms with Crippen molar-refractivity contribution < 1.29 is 24.0 Å². The number of ether oxygens (including phenoxy) is 2. The zero-order chi connectivity index (χ0) is 17.1. The van der Waals surface area contributed by atoms with Gasteiger partial charge in [0, 0.05) is 11.3 Å².